The van der Waals surface area contributed by atoms with Gasteiger partial charge in [0, 0.05) is 27.5 Å². The van der Waals surface area contributed by atoms with Crippen molar-refractivity contribution in [1.82, 2.24) is 4.90 Å². The SMILES string of the molecule is O=C(Nc1ccccc1Oc1ccc(Cl)cc1Cl)C1CCN(Cc2cc(Cl)ccc2Cl)CC1. The van der Waals surface area contributed by atoms with E-state index < -0.39 is 0 Å². The fraction of sp³-hybridized carbons (Fsp3) is 0.240. The maximum Gasteiger partial charge on any atom is 0.227 e. The minimum absolute atomic E-state index is 0.0197. The lowest BCUT2D eigenvalue weighted by molar-refractivity contribution is -0.121. The number of nitrogens with one attached hydrogen (secondary N) is 1. The minimum atomic E-state index is -0.0803. The number of benzene rings is 3. The zero-order chi connectivity index (χ0) is 23.4. The predicted molar refractivity (Wildman–Crippen MR) is 136 cm³/mol. The van der Waals surface area contributed by atoms with E-state index in [0.29, 0.717) is 43.8 Å². The van der Waals surface area contributed by atoms with E-state index in [4.69, 9.17) is 51.1 Å². The highest BCUT2D eigenvalue weighted by Crippen LogP contribution is 2.35. The fourth-order valence-electron chi connectivity index (χ4n) is 3.83. The van der Waals surface area contributed by atoms with Gasteiger partial charge in [-0.2, -0.15) is 0 Å². The Kier molecular flexibility index (Phi) is 8.05. The van der Waals surface area contributed by atoms with Crippen molar-refractivity contribution in [3.8, 4) is 11.5 Å². The first-order valence-corrected chi connectivity index (χ1v) is 12.1. The maximum atomic E-state index is 13.0. The maximum absolute atomic E-state index is 13.0. The average molecular weight is 524 g/mol. The van der Waals surface area contributed by atoms with Crippen LogP contribution in [0.4, 0.5) is 5.69 Å². The molecule has 3 aromatic carbocycles. The highest BCUT2D eigenvalue weighted by Gasteiger charge is 2.26. The molecule has 1 N–H and O–H groups in total. The average Bonchev–Trinajstić information content (AvgIpc) is 2.80. The second-order valence-electron chi connectivity index (χ2n) is 7.95. The highest BCUT2D eigenvalue weighted by molar-refractivity contribution is 6.35. The number of rotatable bonds is 6. The van der Waals surface area contributed by atoms with Crippen molar-refractivity contribution in [2.75, 3.05) is 18.4 Å². The molecule has 0 radical (unpaired) electrons. The molecule has 4 rings (SSSR count). The molecule has 0 aromatic heterocycles. The van der Waals surface area contributed by atoms with E-state index in [1.165, 1.54) is 0 Å². The number of likely N-dealkylation sites (tertiary alicyclic amines) is 1. The number of carbonyl (C=O) groups excluding carboxylic acids is 1. The number of hydrogen-bond donors (Lipinski definition) is 1. The zero-order valence-corrected chi connectivity index (χ0v) is 20.7. The van der Waals surface area contributed by atoms with Crippen LogP contribution in [0, 0.1) is 5.92 Å². The quantitative estimate of drug-likeness (QED) is 0.356. The molecule has 8 heteroatoms. The van der Waals surface area contributed by atoms with Crippen molar-refractivity contribution in [2.45, 2.75) is 19.4 Å². The number of amides is 1. The number of halogens is 4. The van der Waals surface area contributed by atoms with Gasteiger partial charge in [-0.1, -0.05) is 58.5 Å². The third kappa shape index (κ3) is 6.34. The van der Waals surface area contributed by atoms with Gasteiger partial charge in [0.05, 0.1) is 10.7 Å². The molecule has 1 fully saturated rings. The second kappa shape index (κ2) is 11.0. The van der Waals surface area contributed by atoms with Crippen molar-refractivity contribution in [1.29, 1.82) is 0 Å². The van der Waals surface area contributed by atoms with Crippen LogP contribution in [0.5, 0.6) is 11.5 Å². The van der Waals surface area contributed by atoms with Gasteiger partial charge < -0.3 is 10.1 Å². The molecule has 1 aliphatic rings. The number of para-hydroxylation sites is 2. The molecule has 1 saturated heterocycles. The van der Waals surface area contributed by atoms with Gasteiger partial charge in [0.1, 0.15) is 5.75 Å². The molecular formula is C25H22Cl4N2O2. The summed E-state index contributed by atoms with van der Waals surface area (Å²) in [5, 5.41) is 5.32. The Hall–Kier alpha value is -1.95. The number of hydrogen-bond acceptors (Lipinski definition) is 3. The first-order valence-electron chi connectivity index (χ1n) is 10.6. The van der Waals surface area contributed by atoms with Gasteiger partial charge in [-0.3, -0.25) is 9.69 Å². The number of piperidine rings is 1. The molecule has 0 atom stereocenters. The lowest BCUT2D eigenvalue weighted by atomic mass is 9.95. The number of carbonyl (C=O) groups is 1. The van der Waals surface area contributed by atoms with Gasteiger partial charge in [-0.15, -0.1) is 0 Å². The molecule has 33 heavy (non-hydrogen) atoms. The van der Waals surface area contributed by atoms with Gasteiger partial charge in [0.15, 0.2) is 5.75 Å². The molecule has 0 unspecified atom stereocenters. The number of nitrogens with zero attached hydrogens (tertiary/aromatic N) is 1. The summed E-state index contributed by atoms with van der Waals surface area (Å²) < 4.78 is 5.95. The van der Waals surface area contributed by atoms with E-state index >= 15 is 0 Å². The Morgan fingerprint density at radius 3 is 2.33 bits per heavy atom. The highest BCUT2D eigenvalue weighted by atomic mass is 35.5. The summed E-state index contributed by atoms with van der Waals surface area (Å²) in [6, 6.07) is 17.8. The molecule has 0 bridgehead atoms. The molecule has 0 spiro atoms. The molecule has 1 aliphatic heterocycles. The number of ether oxygens (including phenoxy) is 1. The summed E-state index contributed by atoms with van der Waals surface area (Å²) in [6.07, 6.45) is 1.52. The lowest BCUT2D eigenvalue weighted by Gasteiger charge is -2.31. The molecule has 1 heterocycles. The van der Waals surface area contributed by atoms with Gasteiger partial charge in [-0.05, 0) is 80.0 Å². The Labute approximate surface area is 213 Å². The van der Waals surface area contributed by atoms with Crippen LogP contribution in [-0.2, 0) is 11.3 Å². The third-order valence-corrected chi connectivity index (χ3v) is 6.75. The first-order chi connectivity index (χ1) is 15.9. The van der Waals surface area contributed by atoms with E-state index in [0.717, 1.165) is 31.5 Å². The molecule has 0 aliphatic carbocycles. The summed E-state index contributed by atoms with van der Waals surface area (Å²) in [7, 11) is 0. The minimum Gasteiger partial charge on any atom is -0.454 e. The Morgan fingerprint density at radius 2 is 1.58 bits per heavy atom. The van der Waals surface area contributed by atoms with Crippen LogP contribution in [0.15, 0.2) is 60.7 Å². The van der Waals surface area contributed by atoms with Crippen LogP contribution in [-0.4, -0.2) is 23.9 Å². The second-order valence-corrected chi connectivity index (χ2v) is 9.64. The molecule has 0 saturated carbocycles. The Morgan fingerprint density at radius 1 is 0.879 bits per heavy atom. The van der Waals surface area contributed by atoms with Gasteiger partial charge in [0.2, 0.25) is 5.91 Å². The molecule has 4 nitrogen and oxygen atoms in total. The van der Waals surface area contributed by atoms with Gasteiger partial charge in [-0.25, -0.2) is 0 Å². The van der Waals surface area contributed by atoms with Crippen LogP contribution in [0.25, 0.3) is 0 Å². The van der Waals surface area contributed by atoms with E-state index in [1.807, 2.05) is 30.3 Å². The normalized spacial score (nSPS) is 14.8. The van der Waals surface area contributed by atoms with E-state index in [2.05, 4.69) is 10.2 Å². The monoisotopic (exact) mass is 522 g/mol. The number of anilines is 1. The van der Waals surface area contributed by atoms with Gasteiger partial charge in [0.25, 0.3) is 0 Å². The molecular weight excluding hydrogens is 502 g/mol. The standard InChI is InChI=1S/C25H22Cl4N2O2/c26-18-5-7-20(28)17(13-18)15-31-11-9-16(10-12-31)25(32)30-22-3-1-2-4-24(22)33-23-8-6-19(27)14-21(23)29/h1-8,13-14,16H,9-12,15H2,(H,30,32). The molecule has 3 aromatic rings. The topological polar surface area (TPSA) is 41.6 Å². The van der Waals surface area contributed by atoms with Crippen molar-refractivity contribution < 1.29 is 9.53 Å². The van der Waals surface area contributed by atoms with E-state index in [1.54, 1.807) is 30.3 Å². The van der Waals surface area contributed by atoms with Gasteiger partial charge >= 0.3 is 0 Å². The zero-order valence-electron chi connectivity index (χ0n) is 17.7. The largest absolute Gasteiger partial charge is 0.454 e. The Balaban J connectivity index is 1.36. The lowest BCUT2D eigenvalue weighted by Crippen LogP contribution is -2.37. The summed E-state index contributed by atoms with van der Waals surface area (Å²) in [5.74, 6) is 0.885. The Bertz CT molecular complexity index is 1150. The van der Waals surface area contributed by atoms with Crippen LogP contribution in [0.2, 0.25) is 20.1 Å². The summed E-state index contributed by atoms with van der Waals surface area (Å²) in [5.41, 5.74) is 1.60. The van der Waals surface area contributed by atoms with Crippen molar-refractivity contribution in [3.05, 3.63) is 86.3 Å². The summed E-state index contributed by atoms with van der Waals surface area (Å²) in [4.78, 5) is 15.3. The van der Waals surface area contributed by atoms with Crippen LogP contribution in [0.1, 0.15) is 18.4 Å². The van der Waals surface area contributed by atoms with Crippen molar-refractivity contribution in [2.24, 2.45) is 5.92 Å². The summed E-state index contributed by atoms with van der Waals surface area (Å²) in [6.45, 7) is 2.32. The van der Waals surface area contributed by atoms with Crippen molar-refractivity contribution in [3.63, 3.8) is 0 Å². The predicted octanol–water partition coefficient (Wildman–Crippen LogP) is 7.94. The van der Waals surface area contributed by atoms with Crippen LogP contribution in [0.3, 0.4) is 0 Å². The first kappa shape index (κ1) is 24.2. The van der Waals surface area contributed by atoms with Crippen LogP contribution >= 0.6 is 46.4 Å². The summed E-state index contributed by atoms with van der Waals surface area (Å²) >= 11 is 24.6. The van der Waals surface area contributed by atoms with E-state index in [9.17, 15) is 4.79 Å². The fourth-order valence-corrected chi connectivity index (χ4v) is 4.65. The third-order valence-electron chi connectivity index (χ3n) is 5.62. The molecule has 1 amide bonds. The van der Waals surface area contributed by atoms with Crippen molar-refractivity contribution >= 4 is 58.0 Å². The van der Waals surface area contributed by atoms with Crippen LogP contribution < -0.4 is 10.1 Å². The van der Waals surface area contributed by atoms with E-state index in [-0.39, 0.29) is 11.8 Å². The molecule has 172 valence electrons. The smallest absolute Gasteiger partial charge is 0.227 e.